The van der Waals surface area contributed by atoms with Crippen molar-refractivity contribution in [3.63, 3.8) is 0 Å². The summed E-state index contributed by atoms with van der Waals surface area (Å²) in [5, 5.41) is 3.91. The molecule has 1 heterocycles. The fraction of sp³-hybridized carbons (Fsp3) is 0.214. The van der Waals surface area contributed by atoms with Crippen molar-refractivity contribution in [2.45, 2.75) is 19.4 Å². The molecule has 2 nitrogen and oxygen atoms in total. The summed E-state index contributed by atoms with van der Waals surface area (Å²) in [7, 11) is 0. The van der Waals surface area contributed by atoms with Crippen molar-refractivity contribution in [1.82, 2.24) is 4.98 Å². The molecule has 0 bridgehead atoms. The maximum Gasteiger partial charge on any atom is 0.123 e. The number of halogens is 2. The molecule has 0 aliphatic heterocycles. The lowest BCUT2D eigenvalue weighted by Crippen LogP contribution is -2.18. The van der Waals surface area contributed by atoms with E-state index in [4.69, 9.17) is 11.6 Å². The van der Waals surface area contributed by atoms with E-state index in [1.54, 1.807) is 24.5 Å². The molecule has 2 aromatic rings. The minimum Gasteiger partial charge on any atom is -0.381 e. The predicted octanol–water partition coefficient (Wildman–Crippen LogP) is 3.92. The minimum absolute atomic E-state index is 0.204. The Kier molecular flexibility index (Phi) is 4.15. The van der Waals surface area contributed by atoms with Gasteiger partial charge in [0.15, 0.2) is 0 Å². The third kappa shape index (κ3) is 3.44. The van der Waals surface area contributed by atoms with Gasteiger partial charge >= 0.3 is 0 Å². The van der Waals surface area contributed by atoms with Gasteiger partial charge in [-0.15, -0.1) is 0 Å². The van der Waals surface area contributed by atoms with Crippen molar-refractivity contribution in [2.75, 3.05) is 5.32 Å². The molecule has 0 amide bonds. The largest absolute Gasteiger partial charge is 0.381 e. The summed E-state index contributed by atoms with van der Waals surface area (Å²) in [5.41, 5.74) is 1.95. The van der Waals surface area contributed by atoms with Crippen LogP contribution in [0.3, 0.4) is 0 Å². The zero-order valence-electron chi connectivity index (χ0n) is 10.0. The van der Waals surface area contributed by atoms with Crippen LogP contribution in [-0.2, 0) is 6.42 Å². The Labute approximate surface area is 111 Å². The highest BCUT2D eigenvalue weighted by molar-refractivity contribution is 6.33. The van der Waals surface area contributed by atoms with Crippen LogP contribution in [0.1, 0.15) is 12.5 Å². The zero-order valence-corrected chi connectivity index (χ0v) is 10.8. The summed E-state index contributed by atoms with van der Waals surface area (Å²) in [6, 6.07) is 8.57. The predicted molar refractivity (Wildman–Crippen MR) is 72.4 cm³/mol. The molecule has 1 aromatic carbocycles. The molecule has 94 valence electrons. The van der Waals surface area contributed by atoms with Crippen molar-refractivity contribution in [2.24, 2.45) is 0 Å². The highest BCUT2D eigenvalue weighted by atomic mass is 35.5. The standard InChI is InChI=1S/C14H14ClFN2/c1-10(8-11-2-4-12(16)5-3-11)18-14-6-7-17-9-13(14)15/h2-7,9-10H,8H2,1H3,(H,17,18). The SMILES string of the molecule is CC(Cc1ccc(F)cc1)Nc1ccncc1Cl. The molecule has 4 heteroatoms. The number of hydrogen-bond acceptors (Lipinski definition) is 2. The number of hydrogen-bond donors (Lipinski definition) is 1. The topological polar surface area (TPSA) is 24.9 Å². The van der Waals surface area contributed by atoms with Crippen molar-refractivity contribution in [3.8, 4) is 0 Å². The summed E-state index contributed by atoms with van der Waals surface area (Å²) in [4.78, 5) is 3.93. The van der Waals surface area contributed by atoms with Crippen LogP contribution in [0, 0.1) is 5.82 Å². The van der Waals surface area contributed by atoms with Crippen LogP contribution in [0.25, 0.3) is 0 Å². The Morgan fingerprint density at radius 3 is 2.67 bits per heavy atom. The Morgan fingerprint density at radius 2 is 2.00 bits per heavy atom. The lowest BCUT2D eigenvalue weighted by atomic mass is 10.1. The van der Waals surface area contributed by atoms with E-state index in [0.29, 0.717) is 5.02 Å². The first kappa shape index (κ1) is 12.8. The number of nitrogens with one attached hydrogen (secondary N) is 1. The fourth-order valence-electron chi connectivity index (χ4n) is 1.78. The van der Waals surface area contributed by atoms with E-state index in [9.17, 15) is 4.39 Å². The van der Waals surface area contributed by atoms with Crippen LogP contribution in [0.5, 0.6) is 0 Å². The molecule has 18 heavy (non-hydrogen) atoms. The average molecular weight is 265 g/mol. The smallest absolute Gasteiger partial charge is 0.123 e. The van der Waals surface area contributed by atoms with Crippen LogP contribution in [0.15, 0.2) is 42.7 Å². The van der Waals surface area contributed by atoms with Gasteiger partial charge in [0.1, 0.15) is 5.82 Å². The average Bonchev–Trinajstić information content (AvgIpc) is 2.35. The first-order chi connectivity index (χ1) is 8.65. The van der Waals surface area contributed by atoms with Gasteiger partial charge < -0.3 is 5.32 Å². The lowest BCUT2D eigenvalue weighted by Gasteiger charge is -2.16. The van der Waals surface area contributed by atoms with Crippen LogP contribution >= 0.6 is 11.6 Å². The van der Waals surface area contributed by atoms with Crippen LogP contribution in [0.4, 0.5) is 10.1 Å². The molecule has 1 N–H and O–H groups in total. The minimum atomic E-state index is -0.212. The second-order valence-electron chi connectivity index (χ2n) is 4.23. The number of anilines is 1. The maximum absolute atomic E-state index is 12.8. The maximum atomic E-state index is 12.8. The molecule has 1 unspecified atom stereocenters. The molecule has 1 aromatic heterocycles. The number of rotatable bonds is 4. The number of nitrogens with zero attached hydrogens (tertiary/aromatic N) is 1. The second kappa shape index (κ2) is 5.83. The van der Waals surface area contributed by atoms with E-state index in [-0.39, 0.29) is 11.9 Å². The normalized spacial score (nSPS) is 12.2. The summed E-state index contributed by atoms with van der Waals surface area (Å²) >= 11 is 6.02. The first-order valence-corrected chi connectivity index (χ1v) is 6.13. The Hall–Kier alpha value is -1.61. The van der Waals surface area contributed by atoms with Gasteiger partial charge in [-0.25, -0.2) is 4.39 Å². The molecule has 0 saturated carbocycles. The highest BCUT2D eigenvalue weighted by Crippen LogP contribution is 2.20. The van der Waals surface area contributed by atoms with Gasteiger partial charge in [0.05, 0.1) is 10.7 Å². The molecule has 0 fully saturated rings. The van der Waals surface area contributed by atoms with Gasteiger partial charge in [0, 0.05) is 18.4 Å². The number of pyridine rings is 1. The third-order valence-corrected chi connectivity index (χ3v) is 2.93. The van der Waals surface area contributed by atoms with Crippen molar-refractivity contribution in [3.05, 3.63) is 59.1 Å². The molecule has 0 aliphatic carbocycles. The molecular weight excluding hydrogens is 251 g/mol. The van der Waals surface area contributed by atoms with E-state index in [2.05, 4.69) is 17.2 Å². The summed E-state index contributed by atoms with van der Waals surface area (Å²) in [6.07, 6.45) is 4.10. The van der Waals surface area contributed by atoms with Gasteiger partial charge in [-0.3, -0.25) is 4.98 Å². The van der Waals surface area contributed by atoms with Gasteiger partial charge in [-0.1, -0.05) is 23.7 Å². The third-order valence-electron chi connectivity index (χ3n) is 2.63. The quantitative estimate of drug-likeness (QED) is 0.905. The summed E-state index contributed by atoms with van der Waals surface area (Å²) < 4.78 is 12.8. The fourth-order valence-corrected chi connectivity index (χ4v) is 1.96. The number of benzene rings is 1. The summed E-state index contributed by atoms with van der Waals surface area (Å²) in [5.74, 6) is -0.212. The Morgan fingerprint density at radius 1 is 1.28 bits per heavy atom. The molecule has 0 spiro atoms. The number of aromatic nitrogens is 1. The molecule has 0 radical (unpaired) electrons. The van der Waals surface area contributed by atoms with Crippen molar-refractivity contribution in [1.29, 1.82) is 0 Å². The van der Waals surface area contributed by atoms with Crippen LogP contribution in [-0.4, -0.2) is 11.0 Å². The molecular formula is C14H14ClFN2. The molecule has 2 rings (SSSR count). The Bertz CT molecular complexity index is 513. The summed E-state index contributed by atoms with van der Waals surface area (Å²) in [6.45, 7) is 2.06. The zero-order chi connectivity index (χ0) is 13.0. The van der Waals surface area contributed by atoms with Crippen LogP contribution < -0.4 is 5.32 Å². The van der Waals surface area contributed by atoms with E-state index >= 15 is 0 Å². The van der Waals surface area contributed by atoms with Gasteiger partial charge in [-0.05, 0) is 37.1 Å². The Balaban J connectivity index is 1.99. The first-order valence-electron chi connectivity index (χ1n) is 5.75. The van der Waals surface area contributed by atoms with E-state index in [0.717, 1.165) is 17.7 Å². The van der Waals surface area contributed by atoms with Crippen molar-refractivity contribution < 1.29 is 4.39 Å². The lowest BCUT2D eigenvalue weighted by molar-refractivity contribution is 0.626. The van der Waals surface area contributed by atoms with Gasteiger partial charge in [0.25, 0.3) is 0 Å². The van der Waals surface area contributed by atoms with E-state index in [1.807, 2.05) is 6.07 Å². The van der Waals surface area contributed by atoms with Gasteiger partial charge in [0.2, 0.25) is 0 Å². The van der Waals surface area contributed by atoms with Crippen LogP contribution in [0.2, 0.25) is 5.02 Å². The van der Waals surface area contributed by atoms with Crippen molar-refractivity contribution >= 4 is 17.3 Å². The molecule has 0 saturated heterocycles. The highest BCUT2D eigenvalue weighted by Gasteiger charge is 2.06. The van der Waals surface area contributed by atoms with E-state index < -0.39 is 0 Å². The second-order valence-corrected chi connectivity index (χ2v) is 4.64. The monoisotopic (exact) mass is 264 g/mol. The van der Waals surface area contributed by atoms with Gasteiger partial charge in [-0.2, -0.15) is 0 Å². The molecule has 0 aliphatic rings. The van der Waals surface area contributed by atoms with E-state index in [1.165, 1.54) is 12.1 Å². The molecule has 1 atom stereocenters.